The number of nitrogens with zero attached hydrogens (tertiary/aromatic N) is 2. The van der Waals surface area contributed by atoms with Crippen molar-refractivity contribution < 1.29 is 4.79 Å². The first kappa shape index (κ1) is 13.1. The molecule has 5 nitrogen and oxygen atoms in total. The van der Waals surface area contributed by atoms with Crippen molar-refractivity contribution >= 4 is 16.8 Å². The van der Waals surface area contributed by atoms with Crippen LogP contribution in [0.5, 0.6) is 0 Å². The highest BCUT2D eigenvalue weighted by molar-refractivity contribution is 5.97. The van der Waals surface area contributed by atoms with E-state index in [1.165, 1.54) is 0 Å². The summed E-state index contributed by atoms with van der Waals surface area (Å²) >= 11 is 0. The molecule has 0 aliphatic heterocycles. The van der Waals surface area contributed by atoms with Gasteiger partial charge in [0.2, 0.25) is 0 Å². The Morgan fingerprint density at radius 3 is 2.85 bits per heavy atom. The number of carbonyl (C=O) groups is 1. The Balaban J connectivity index is 1.77. The minimum atomic E-state index is 0.0432. The van der Waals surface area contributed by atoms with Crippen LogP contribution < -0.4 is 5.73 Å². The predicted octanol–water partition coefficient (Wildman–Crippen LogP) is 1.90. The molecule has 3 N–H and O–H groups in total. The lowest BCUT2D eigenvalue weighted by Gasteiger charge is -2.33. The number of fused-ring (bicyclic) bond motifs is 1. The Kier molecular flexibility index (Phi) is 3.44. The molecule has 0 bridgehead atoms. The fourth-order valence-electron chi connectivity index (χ4n) is 2.93. The Morgan fingerprint density at radius 1 is 1.40 bits per heavy atom. The van der Waals surface area contributed by atoms with Crippen LogP contribution in [0.4, 0.5) is 0 Å². The number of carbonyl (C=O) groups excluding carboxylic acids is 1. The lowest BCUT2D eigenvalue weighted by Crippen LogP contribution is -2.41. The second kappa shape index (κ2) is 5.25. The van der Waals surface area contributed by atoms with E-state index < -0.39 is 0 Å². The maximum absolute atomic E-state index is 12.5. The van der Waals surface area contributed by atoms with Crippen LogP contribution in [0, 0.1) is 0 Å². The molecule has 5 heteroatoms. The van der Waals surface area contributed by atoms with Crippen molar-refractivity contribution in [2.45, 2.75) is 37.8 Å². The zero-order valence-electron chi connectivity index (χ0n) is 11.7. The molecule has 1 aliphatic carbocycles. The summed E-state index contributed by atoms with van der Waals surface area (Å²) in [4.78, 5) is 21.6. The van der Waals surface area contributed by atoms with Crippen LogP contribution in [-0.2, 0) is 0 Å². The molecule has 0 aromatic carbocycles. The van der Waals surface area contributed by atoms with Gasteiger partial charge in [-0.05, 0) is 37.8 Å². The quantitative estimate of drug-likeness (QED) is 0.876. The van der Waals surface area contributed by atoms with Gasteiger partial charge in [-0.2, -0.15) is 0 Å². The van der Waals surface area contributed by atoms with Gasteiger partial charge in [-0.3, -0.25) is 9.78 Å². The molecule has 0 unspecified atom stereocenters. The summed E-state index contributed by atoms with van der Waals surface area (Å²) < 4.78 is 0. The number of rotatable bonds is 2. The third kappa shape index (κ3) is 2.41. The molecule has 106 valence electrons. The maximum Gasteiger partial charge on any atom is 0.270 e. The molecule has 0 spiro atoms. The minimum Gasteiger partial charge on any atom is -0.350 e. The zero-order chi connectivity index (χ0) is 14.1. The van der Waals surface area contributed by atoms with Gasteiger partial charge in [-0.1, -0.05) is 0 Å². The third-order valence-corrected chi connectivity index (χ3v) is 4.26. The normalized spacial score (nSPS) is 22.9. The van der Waals surface area contributed by atoms with E-state index in [1.54, 1.807) is 12.4 Å². The summed E-state index contributed by atoms with van der Waals surface area (Å²) in [5.41, 5.74) is 7.50. The Labute approximate surface area is 118 Å². The summed E-state index contributed by atoms with van der Waals surface area (Å²) in [6.07, 6.45) is 7.47. The molecular weight excluding hydrogens is 252 g/mol. The largest absolute Gasteiger partial charge is 0.350 e. The smallest absolute Gasteiger partial charge is 0.270 e. The first-order valence-electron chi connectivity index (χ1n) is 7.10. The van der Waals surface area contributed by atoms with Gasteiger partial charge in [0.1, 0.15) is 5.69 Å². The van der Waals surface area contributed by atoms with Gasteiger partial charge in [0.15, 0.2) is 0 Å². The van der Waals surface area contributed by atoms with E-state index in [4.69, 9.17) is 5.73 Å². The van der Waals surface area contributed by atoms with Crippen LogP contribution in [0.2, 0.25) is 0 Å². The molecule has 20 heavy (non-hydrogen) atoms. The first-order valence-corrected chi connectivity index (χ1v) is 7.10. The highest BCUT2D eigenvalue weighted by atomic mass is 16.2. The van der Waals surface area contributed by atoms with Crippen molar-refractivity contribution in [3.8, 4) is 0 Å². The summed E-state index contributed by atoms with van der Waals surface area (Å²) in [6, 6.07) is 4.35. The Hall–Kier alpha value is -1.88. The minimum absolute atomic E-state index is 0.0432. The molecule has 2 aromatic heterocycles. The fraction of sp³-hybridized carbons (Fsp3) is 0.467. The number of nitrogens with two attached hydrogens (primary N) is 1. The molecule has 0 radical (unpaired) electrons. The first-order chi connectivity index (χ1) is 9.65. The average molecular weight is 272 g/mol. The van der Waals surface area contributed by atoms with Crippen molar-refractivity contribution in [1.29, 1.82) is 0 Å². The van der Waals surface area contributed by atoms with E-state index in [1.807, 2.05) is 24.1 Å². The van der Waals surface area contributed by atoms with E-state index in [-0.39, 0.29) is 5.91 Å². The average Bonchev–Trinajstić information content (AvgIpc) is 2.90. The molecule has 1 amide bonds. The van der Waals surface area contributed by atoms with Gasteiger partial charge in [0.05, 0.1) is 0 Å². The van der Waals surface area contributed by atoms with Crippen LogP contribution in [0.15, 0.2) is 24.5 Å². The maximum atomic E-state index is 12.5. The molecule has 0 atom stereocenters. The predicted molar refractivity (Wildman–Crippen MR) is 78.4 cm³/mol. The summed E-state index contributed by atoms with van der Waals surface area (Å²) in [5.74, 6) is 0.0432. The number of hydrogen-bond acceptors (Lipinski definition) is 3. The van der Waals surface area contributed by atoms with Crippen molar-refractivity contribution in [2.24, 2.45) is 5.73 Å². The van der Waals surface area contributed by atoms with Gasteiger partial charge >= 0.3 is 0 Å². The van der Waals surface area contributed by atoms with Gasteiger partial charge in [-0.25, -0.2) is 0 Å². The van der Waals surface area contributed by atoms with E-state index >= 15 is 0 Å². The van der Waals surface area contributed by atoms with Crippen LogP contribution in [0.25, 0.3) is 10.9 Å². The van der Waals surface area contributed by atoms with Crippen molar-refractivity contribution in [3.05, 3.63) is 30.2 Å². The van der Waals surface area contributed by atoms with Gasteiger partial charge < -0.3 is 15.6 Å². The molecular formula is C15H20N4O. The van der Waals surface area contributed by atoms with Gasteiger partial charge in [0.25, 0.3) is 5.91 Å². The SMILES string of the molecule is CN(C(=O)c1cc2cnccc2[nH]1)C1CCC(N)CC1. The van der Waals surface area contributed by atoms with Gasteiger partial charge in [-0.15, -0.1) is 0 Å². The van der Waals surface area contributed by atoms with E-state index in [0.717, 1.165) is 36.6 Å². The van der Waals surface area contributed by atoms with Gasteiger partial charge in [0, 0.05) is 42.4 Å². The molecule has 1 saturated carbocycles. The number of nitrogens with one attached hydrogen (secondary N) is 1. The van der Waals surface area contributed by atoms with Crippen LogP contribution in [0.3, 0.4) is 0 Å². The lowest BCUT2D eigenvalue weighted by molar-refractivity contribution is 0.0685. The molecule has 2 aromatic rings. The van der Waals surface area contributed by atoms with Crippen LogP contribution in [0.1, 0.15) is 36.2 Å². The highest BCUT2D eigenvalue weighted by Gasteiger charge is 2.26. The zero-order valence-corrected chi connectivity index (χ0v) is 11.7. The molecule has 3 rings (SSSR count). The summed E-state index contributed by atoms with van der Waals surface area (Å²) in [7, 11) is 1.88. The van der Waals surface area contributed by atoms with Crippen molar-refractivity contribution in [3.63, 3.8) is 0 Å². The topological polar surface area (TPSA) is 75.0 Å². The molecule has 0 saturated heterocycles. The van der Waals surface area contributed by atoms with E-state index in [2.05, 4.69) is 9.97 Å². The second-order valence-corrected chi connectivity index (χ2v) is 5.63. The third-order valence-electron chi connectivity index (χ3n) is 4.26. The van der Waals surface area contributed by atoms with E-state index in [9.17, 15) is 4.79 Å². The monoisotopic (exact) mass is 272 g/mol. The summed E-state index contributed by atoms with van der Waals surface area (Å²) in [5, 5.41) is 0.968. The van der Waals surface area contributed by atoms with Crippen molar-refractivity contribution in [1.82, 2.24) is 14.9 Å². The van der Waals surface area contributed by atoms with Crippen LogP contribution >= 0.6 is 0 Å². The van der Waals surface area contributed by atoms with Crippen molar-refractivity contribution in [2.75, 3.05) is 7.05 Å². The number of H-pyrrole nitrogens is 1. The number of pyridine rings is 1. The van der Waals surface area contributed by atoms with Crippen LogP contribution in [-0.4, -0.2) is 39.9 Å². The number of aromatic nitrogens is 2. The fourth-order valence-corrected chi connectivity index (χ4v) is 2.93. The lowest BCUT2D eigenvalue weighted by atomic mass is 9.91. The number of hydrogen-bond donors (Lipinski definition) is 2. The number of amides is 1. The Morgan fingerprint density at radius 2 is 2.15 bits per heavy atom. The summed E-state index contributed by atoms with van der Waals surface area (Å²) in [6.45, 7) is 0. The Bertz CT molecular complexity index is 580. The highest BCUT2D eigenvalue weighted by Crippen LogP contribution is 2.23. The molecule has 2 heterocycles. The standard InChI is InChI=1S/C15H20N4O/c1-19(12-4-2-11(16)3-5-12)15(20)14-8-10-9-17-7-6-13(10)18-14/h6-9,11-12,18H,2-5,16H2,1H3. The molecule has 1 aliphatic rings. The molecule has 1 fully saturated rings. The second-order valence-electron chi connectivity index (χ2n) is 5.63. The number of aromatic amines is 1. The van der Waals surface area contributed by atoms with E-state index in [0.29, 0.717) is 17.8 Å².